The lowest BCUT2D eigenvalue weighted by Crippen LogP contribution is -2.58. The van der Waals surface area contributed by atoms with Gasteiger partial charge in [0, 0.05) is 17.4 Å². The highest BCUT2D eigenvalue weighted by Gasteiger charge is 2.68. The number of hydrogen-bond acceptors (Lipinski definition) is 6. The fourth-order valence-electron chi connectivity index (χ4n) is 7.98. The molecule has 0 aliphatic heterocycles. The second-order valence-corrected chi connectivity index (χ2v) is 13.3. The predicted octanol–water partition coefficient (Wildman–Crippen LogP) is 6.03. The molecule has 0 heterocycles. The van der Waals surface area contributed by atoms with Gasteiger partial charge in [0.25, 0.3) is 0 Å². The van der Waals surface area contributed by atoms with Crippen molar-refractivity contribution in [1.82, 2.24) is 0 Å². The molecule has 4 saturated carbocycles. The number of ether oxygens (including phenoxy) is 3. The molecule has 0 aromatic carbocycles. The van der Waals surface area contributed by atoms with Crippen molar-refractivity contribution in [3.8, 4) is 0 Å². The Morgan fingerprint density at radius 3 is 1.61 bits per heavy atom. The van der Waals surface area contributed by atoms with Crippen molar-refractivity contribution in [3.63, 3.8) is 0 Å². The number of carbonyl (C=O) groups is 1. The van der Waals surface area contributed by atoms with Gasteiger partial charge in [0.1, 0.15) is 6.10 Å². The summed E-state index contributed by atoms with van der Waals surface area (Å²) in [5, 5.41) is 20.4. The zero-order chi connectivity index (χ0) is 30.6. The molecule has 4 fully saturated rings. The van der Waals surface area contributed by atoms with E-state index in [0.29, 0.717) is 78.1 Å². The third kappa shape index (κ3) is 6.04. The van der Waals surface area contributed by atoms with Gasteiger partial charge in [-0.3, -0.25) is 0 Å². The van der Waals surface area contributed by atoms with E-state index < -0.39 is 66.0 Å². The van der Waals surface area contributed by atoms with Gasteiger partial charge in [-0.2, -0.15) is 26.3 Å². The van der Waals surface area contributed by atoms with E-state index in [-0.39, 0.29) is 23.3 Å². The van der Waals surface area contributed by atoms with Crippen LogP contribution in [0.2, 0.25) is 0 Å². The Labute approximate surface area is 236 Å². The van der Waals surface area contributed by atoms with Crippen LogP contribution in [0.25, 0.3) is 0 Å². The Bertz CT molecular complexity index is 977. The van der Waals surface area contributed by atoms with Gasteiger partial charge in [0.2, 0.25) is 0 Å². The van der Waals surface area contributed by atoms with Crippen LogP contribution in [-0.2, 0) is 19.0 Å². The average molecular weight is 601 g/mol. The van der Waals surface area contributed by atoms with Crippen LogP contribution in [0, 0.1) is 23.7 Å². The number of esters is 1. The van der Waals surface area contributed by atoms with Crippen LogP contribution in [0.3, 0.4) is 0 Å². The third-order valence-corrected chi connectivity index (χ3v) is 10.2. The number of aliphatic hydroxyl groups is 2. The van der Waals surface area contributed by atoms with E-state index in [2.05, 4.69) is 6.58 Å². The van der Waals surface area contributed by atoms with E-state index in [0.717, 1.165) is 0 Å². The van der Waals surface area contributed by atoms with E-state index in [4.69, 9.17) is 14.2 Å². The molecule has 41 heavy (non-hydrogen) atoms. The van der Waals surface area contributed by atoms with Crippen LogP contribution >= 0.6 is 0 Å². The average Bonchev–Trinajstić information content (AvgIpc) is 3.64. The summed E-state index contributed by atoms with van der Waals surface area (Å²) in [6.07, 6.45) is -4.97. The van der Waals surface area contributed by atoms with Crippen LogP contribution in [0.1, 0.15) is 85.0 Å². The van der Waals surface area contributed by atoms with Crippen molar-refractivity contribution < 1.29 is 55.6 Å². The SMILES string of the molecule is C=C(C)C(=O)OC1CC2CC1C(C1(OCC(C)(O)C(F)(F)F)CCCC1)C2C1(OCC(C)(O)C(F)(F)F)CCCC1. The molecule has 0 amide bonds. The van der Waals surface area contributed by atoms with Gasteiger partial charge in [-0.25, -0.2) is 4.79 Å². The second-order valence-electron chi connectivity index (χ2n) is 13.3. The molecule has 4 rings (SSSR count). The molecule has 0 spiro atoms. The standard InChI is InChI=1S/C29H42F6O6/c1-17(2)23(36)41-20-14-18-13-19(20)22(27(11-7-8-12-27)40-16-25(4,38)29(33,34)35)21(18)26(9-5-6-10-26)39-15-24(3,37)28(30,31)32/h18-22,37-38H,1,5-16H2,2-4H3. The molecule has 4 aliphatic rings. The first kappa shape index (κ1) is 32.5. The summed E-state index contributed by atoms with van der Waals surface area (Å²) in [4.78, 5) is 12.5. The topological polar surface area (TPSA) is 85.2 Å². The van der Waals surface area contributed by atoms with Gasteiger partial charge in [-0.05, 0) is 71.1 Å². The molecule has 0 saturated heterocycles. The molecule has 12 heteroatoms. The fourth-order valence-corrected chi connectivity index (χ4v) is 7.98. The zero-order valence-electron chi connectivity index (χ0n) is 23.9. The molecule has 0 aromatic heterocycles. The van der Waals surface area contributed by atoms with Crippen molar-refractivity contribution in [3.05, 3.63) is 12.2 Å². The Morgan fingerprint density at radius 2 is 1.22 bits per heavy atom. The third-order valence-electron chi connectivity index (χ3n) is 10.2. The molecular weight excluding hydrogens is 558 g/mol. The van der Waals surface area contributed by atoms with Gasteiger partial charge >= 0.3 is 18.3 Å². The van der Waals surface area contributed by atoms with Crippen molar-refractivity contribution in [2.75, 3.05) is 13.2 Å². The lowest BCUT2D eigenvalue weighted by molar-refractivity contribution is -0.292. The van der Waals surface area contributed by atoms with Crippen molar-refractivity contribution in [1.29, 1.82) is 0 Å². The Balaban J connectivity index is 1.72. The minimum absolute atomic E-state index is 0.133. The number of fused-ring (bicyclic) bond motifs is 2. The molecule has 2 N–H and O–H groups in total. The largest absolute Gasteiger partial charge is 0.459 e. The summed E-state index contributed by atoms with van der Waals surface area (Å²) in [5.74, 6) is -1.89. The van der Waals surface area contributed by atoms with E-state index in [1.807, 2.05) is 0 Å². The summed E-state index contributed by atoms with van der Waals surface area (Å²) in [6.45, 7) is 4.52. The monoisotopic (exact) mass is 600 g/mol. The highest BCUT2D eigenvalue weighted by atomic mass is 19.4. The van der Waals surface area contributed by atoms with Crippen LogP contribution < -0.4 is 0 Å². The zero-order valence-corrected chi connectivity index (χ0v) is 23.9. The summed E-state index contributed by atoms with van der Waals surface area (Å²) < 4.78 is 99.6. The van der Waals surface area contributed by atoms with Crippen LogP contribution in [0.15, 0.2) is 12.2 Å². The summed E-state index contributed by atoms with van der Waals surface area (Å²) in [7, 11) is 0. The van der Waals surface area contributed by atoms with E-state index in [1.54, 1.807) is 0 Å². The molecule has 7 atom stereocenters. The molecule has 2 bridgehead atoms. The maximum absolute atomic E-state index is 13.6. The Kier molecular flexibility index (Phi) is 8.70. The first-order chi connectivity index (χ1) is 18.8. The normalized spacial score (nSPS) is 33.9. The van der Waals surface area contributed by atoms with Gasteiger partial charge in [-0.1, -0.05) is 32.3 Å². The fraction of sp³-hybridized carbons (Fsp3) is 0.897. The first-order valence-corrected chi connectivity index (χ1v) is 14.5. The van der Waals surface area contributed by atoms with E-state index >= 15 is 0 Å². The van der Waals surface area contributed by atoms with Crippen molar-refractivity contribution in [2.24, 2.45) is 23.7 Å². The number of hydrogen-bond donors (Lipinski definition) is 2. The lowest BCUT2D eigenvalue weighted by atomic mass is 9.61. The molecule has 7 unspecified atom stereocenters. The molecule has 4 aliphatic carbocycles. The van der Waals surface area contributed by atoms with Crippen LogP contribution in [0.4, 0.5) is 26.3 Å². The molecule has 0 aromatic rings. The first-order valence-electron chi connectivity index (χ1n) is 14.5. The second kappa shape index (κ2) is 11.0. The molecule has 6 nitrogen and oxygen atoms in total. The maximum atomic E-state index is 13.6. The quantitative estimate of drug-likeness (QED) is 0.181. The van der Waals surface area contributed by atoms with Crippen molar-refractivity contribution in [2.45, 2.75) is 126 Å². The van der Waals surface area contributed by atoms with Gasteiger partial charge in [0.05, 0.1) is 24.4 Å². The van der Waals surface area contributed by atoms with Gasteiger partial charge in [0.15, 0.2) is 11.2 Å². The smallest absolute Gasteiger partial charge is 0.419 e. The summed E-state index contributed by atoms with van der Waals surface area (Å²) >= 11 is 0. The van der Waals surface area contributed by atoms with E-state index in [9.17, 15) is 41.4 Å². The van der Waals surface area contributed by atoms with Gasteiger partial charge < -0.3 is 24.4 Å². The Morgan fingerprint density at radius 1 is 0.805 bits per heavy atom. The predicted molar refractivity (Wildman–Crippen MR) is 136 cm³/mol. The minimum Gasteiger partial charge on any atom is -0.459 e. The summed E-state index contributed by atoms with van der Waals surface area (Å²) in [6, 6.07) is 0. The number of alkyl halides is 6. The number of halogens is 6. The molecule has 0 radical (unpaired) electrons. The van der Waals surface area contributed by atoms with Crippen LogP contribution in [0.5, 0.6) is 0 Å². The van der Waals surface area contributed by atoms with Gasteiger partial charge in [-0.15, -0.1) is 0 Å². The highest BCUT2D eigenvalue weighted by molar-refractivity contribution is 5.87. The molecular formula is C29H42F6O6. The van der Waals surface area contributed by atoms with Crippen LogP contribution in [-0.4, -0.2) is 70.3 Å². The Hall–Kier alpha value is -1.37. The minimum atomic E-state index is -4.93. The lowest BCUT2D eigenvalue weighted by Gasteiger charge is -2.52. The number of carbonyl (C=O) groups excluding carboxylic acids is 1. The highest BCUT2D eigenvalue weighted by Crippen LogP contribution is 2.66. The molecule has 236 valence electrons. The number of rotatable bonds is 10. The summed E-state index contributed by atoms with van der Waals surface area (Å²) in [5.41, 5.74) is -8.14. The van der Waals surface area contributed by atoms with E-state index in [1.165, 1.54) is 6.92 Å². The van der Waals surface area contributed by atoms with Crippen molar-refractivity contribution >= 4 is 5.97 Å². The maximum Gasteiger partial charge on any atom is 0.419 e.